The molecule has 0 unspecified atom stereocenters. The number of hydrogen-bond acceptors (Lipinski definition) is 4. The summed E-state index contributed by atoms with van der Waals surface area (Å²) in [5.74, 6) is -1.85. The molecule has 0 aromatic heterocycles. The summed E-state index contributed by atoms with van der Waals surface area (Å²) < 4.78 is 22.5. The fourth-order valence-corrected chi connectivity index (χ4v) is 0.650. The van der Waals surface area contributed by atoms with Gasteiger partial charge in [-0.25, -0.2) is 8.78 Å². The Bertz CT molecular complexity index is 251. The van der Waals surface area contributed by atoms with Crippen LogP contribution >= 0.6 is 0 Å². The molecule has 17 heavy (non-hydrogen) atoms. The van der Waals surface area contributed by atoms with Gasteiger partial charge < -0.3 is 0 Å². The molecule has 0 bridgehead atoms. The van der Waals surface area contributed by atoms with Crippen LogP contribution in [0.4, 0.5) is 8.78 Å². The van der Waals surface area contributed by atoms with E-state index in [4.69, 9.17) is 0 Å². The van der Waals surface area contributed by atoms with Crippen molar-refractivity contribution in [1.29, 1.82) is 0 Å². The predicted molar refractivity (Wildman–Crippen MR) is 52.6 cm³/mol. The minimum atomic E-state index is -1.03. The van der Waals surface area contributed by atoms with Crippen LogP contribution in [0.2, 0.25) is 0 Å². The van der Waals surface area contributed by atoms with Crippen LogP contribution in [0.3, 0.4) is 0 Å². The average Bonchev–Trinajstić information content (AvgIpc) is 2.16. The first-order valence-electron chi connectivity index (χ1n) is 4.47. The predicted octanol–water partition coefficient (Wildman–Crippen LogP) is 1.01. The molecule has 0 aliphatic heterocycles. The van der Waals surface area contributed by atoms with Gasteiger partial charge in [0.25, 0.3) is 0 Å². The quantitative estimate of drug-likeness (QED) is 0.542. The van der Waals surface area contributed by atoms with E-state index in [-0.39, 0.29) is 41.5 Å². The van der Waals surface area contributed by atoms with Gasteiger partial charge in [0, 0.05) is 17.1 Å². The number of hydrogen-bond donors (Lipinski definition) is 0. The van der Waals surface area contributed by atoms with E-state index < -0.39 is 24.9 Å². The smallest absolute Gasteiger partial charge is 0.171 e. The maximum Gasteiger partial charge on any atom is 0.171 e. The van der Waals surface area contributed by atoms with Crippen LogP contribution in [0.25, 0.3) is 0 Å². The van der Waals surface area contributed by atoms with E-state index in [2.05, 4.69) is 0 Å². The van der Waals surface area contributed by atoms with Crippen LogP contribution in [-0.4, -0.2) is 36.5 Å². The topological polar surface area (TPSA) is 68.3 Å². The van der Waals surface area contributed by atoms with E-state index >= 15 is 0 Å². The van der Waals surface area contributed by atoms with Crippen LogP contribution in [-0.2, 0) is 36.2 Å². The number of carbonyl (C=O) groups excluding carboxylic acids is 4. The Labute approximate surface area is 109 Å². The van der Waals surface area contributed by atoms with Gasteiger partial charge in [-0.2, -0.15) is 0 Å². The Morgan fingerprint density at radius 3 is 1.06 bits per heavy atom. The third-order valence-corrected chi connectivity index (χ3v) is 1.19. The molecule has 0 saturated carbocycles. The molecule has 0 amide bonds. The monoisotopic (exact) mass is 299 g/mol. The summed E-state index contributed by atoms with van der Waals surface area (Å²) in [6, 6.07) is 0. The summed E-state index contributed by atoms with van der Waals surface area (Å²) in [5, 5.41) is 0. The van der Waals surface area contributed by atoms with E-state index in [1.165, 1.54) is 13.8 Å². The number of ketones is 4. The fraction of sp³-hybridized carbons (Fsp3) is 0.600. The van der Waals surface area contributed by atoms with Crippen molar-refractivity contribution in [2.45, 2.75) is 26.7 Å². The van der Waals surface area contributed by atoms with E-state index in [9.17, 15) is 28.0 Å². The molecule has 0 aromatic rings. The molecule has 0 rings (SSSR count). The molecule has 0 aromatic carbocycles. The largest absolute Gasteiger partial charge is 0.300 e. The molecule has 0 spiro atoms. The molecule has 0 atom stereocenters. The first kappa shape index (κ1) is 21.4. The van der Waals surface area contributed by atoms with Crippen molar-refractivity contribution in [3.8, 4) is 0 Å². The van der Waals surface area contributed by atoms with Crippen molar-refractivity contribution in [1.82, 2.24) is 0 Å². The molecule has 0 N–H and O–H groups in total. The first-order chi connectivity index (χ1) is 7.33. The number of carbonyl (C=O) groups is 4. The van der Waals surface area contributed by atoms with E-state index in [1.54, 1.807) is 0 Å². The minimum Gasteiger partial charge on any atom is -0.300 e. The number of Topliss-reactive ketones (excluding diaryl/α,β-unsaturated/α-hetero) is 4. The van der Waals surface area contributed by atoms with Gasteiger partial charge in [-0.15, -0.1) is 0 Å². The molecule has 103 valence electrons. The number of alkyl halides is 2. The zero-order chi connectivity index (χ0) is 13.1. The van der Waals surface area contributed by atoms with Crippen molar-refractivity contribution in [2.24, 2.45) is 0 Å². The Balaban J connectivity index is -0.000000218. The van der Waals surface area contributed by atoms with Crippen molar-refractivity contribution >= 4 is 23.1 Å². The number of halogens is 2. The molecular formula is C10H14CuF2O4. The van der Waals surface area contributed by atoms with Crippen molar-refractivity contribution in [3.63, 3.8) is 0 Å². The van der Waals surface area contributed by atoms with Crippen LogP contribution < -0.4 is 0 Å². The second-order valence-electron chi connectivity index (χ2n) is 3.10. The third-order valence-electron chi connectivity index (χ3n) is 1.19. The van der Waals surface area contributed by atoms with Gasteiger partial charge in [0.05, 0.1) is 12.8 Å². The Kier molecular flexibility index (Phi) is 16.5. The molecule has 0 saturated heterocycles. The number of rotatable bonds is 6. The summed E-state index contributed by atoms with van der Waals surface area (Å²) in [4.78, 5) is 40.1. The van der Waals surface area contributed by atoms with Gasteiger partial charge >= 0.3 is 0 Å². The first-order valence-corrected chi connectivity index (χ1v) is 4.47. The SMILES string of the molecule is CC(=O)CC(=O)CF.CC(=O)CC(=O)CF.[Cu]. The molecule has 0 aliphatic rings. The van der Waals surface area contributed by atoms with E-state index in [0.717, 1.165) is 0 Å². The minimum absolute atomic E-state index is 0. The van der Waals surface area contributed by atoms with Gasteiger partial charge in [0.2, 0.25) is 0 Å². The second-order valence-corrected chi connectivity index (χ2v) is 3.10. The summed E-state index contributed by atoms with van der Waals surface area (Å²) in [6.45, 7) is 0.459. The maximum absolute atomic E-state index is 11.2. The molecule has 0 fully saturated rings. The summed E-state index contributed by atoms with van der Waals surface area (Å²) in [6.07, 6.45) is -0.535. The van der Waals surface area contributed by atoms with Crippen LogP contribution in [0, 0.1) is 0 Å². The fourth-order valence-electron chi connectivity index (χ4n) is 0.650. The zero-order valence-electron chi connectivity index (χ0n) is 9.52. The van der Waals surface area contributed by atoms with Crippen molar-refractivity contribution in [2.75, 3.05) is 13.3 Å². The molecular weight excluding hydrogens is 286 g/mol. The van der Waals surface area contributed by atoms with Crippen molar-refractivity contribution < 1.29 is 45.0 Å². The van der Waals surface area contributed by atoms with E-state index in [0.29, 0.717) is 0 Å². The molecule has 0 aliphatic carbocycles. The van der Waals surface area contributed by atoms with Crippen LogP contribution in [0.1, 0.15) is 26.7 Å². The molecule has 7 heteroatoms. The average molecular weight is 300 g/mol. The van der Waals surface area contributed by atoms with Gasteiger partial charge in [-0.1, -0.05) is 0 Å². The zero-order valence-corrected chi connectivity index (χ0v) is 10.5. The summed E-state index contributed by atoms with van der Waals surface area (Å²) >= 11 is 0. The van der Waals surface area contributed by atoms with Gasteiger partial charge in [0.1, 0.15) is 24.9 Å². The second kappa shape index (κ2) is 13.1. The maximum atomic E-state index is 11.2. The van der Waals surface area contributed by atoms with Crippen LogP contribution in [0.5, 0.6) is 0 Å². The van der Waals surface area contributed by atoms with Gasteiger partial charge in [0.15, 0.2) is 11.6 Å². The Hall–Kier alpha value is -0.941. The Morgan fingerprint density at radius 2 is 1.00 bits per heavy atom. The molecule has 1 radical (unpaired) electrons. The normalized spacial score (nSPS) is 8.24. The van der Waals surface area contributed by atoms with Crippen LogP contribution in [0.15, 0.2) is 0 Å². The summed E-state index contributed by atoms with van der Waals surface area (Å²) in [7, 11) is 0. The van der Waals surface area contributed by atoms with Gasteiger partial charge in [-0.3, -0.25) is 19.2 Å². The Morgan fingerprint density at radius 1 is 0.765 bits per heavy atom. The molecule has 0 heterocycles. The van der Waals surface area contributed by atoms with Crippen molar-refractivity contribution in [3.05, 3.63) is 0 Å². The standard InChI is InChI=1S/2C5H7FO2.Cu/c2*1-4(7)2-5(8)3-6;/h2*2-3H2,1H3;. The molecule has 4 nitrogen and oxygen atoms in total. The summed E-state index contributed by atoms with van der Waals surface area (Å²) in [5.41, 5.74) is 0. The third kappa shape index (κ3) is 21.0. The van der Waals surface area contributed by atoms with Gasteiger partial charge in [-0.05, 0) is 13.8 Å². The van der Waals surface area contributed by atoms with E-state index in [1.807, 2.05) is 0 Å².